The number of hydrazine groups is 1. The van der Waals surface area contributed by atoms with Crippen molar-refractivity contribution >= 4 is 15.9 Å². The fourth-order valence-electron chi connectivity index (χ4n) is 1.66. The third-order valence-corrected chi connectivity index (χ3v) is 2.96. The van der Waals surface area contributed by atoms with Gasteiger partial charge in [-0.2, -0.15) is 5.10 Å². The summed E-state index contributed by atoms with van der Waals surface area (Å²) in [4.78, 5) is 0. The molecule has 0 aliphatic carbocycles. The lowest BCUT2D eigenvalue weighted by Gasteiger charge is -2.14. The topological polar surface area (TPSA) is 55.9 Å². The Morgan fingerprint density at radius 3 is 2.76 bits per heavy atom. The van der Waals surface area contributed by atoms with Gasteiger partial charge in [-0.25, -0.2) is 9.82 Å². The maximum Gasteiger partial charge on any atom is 0.129 e. The Hall–Kier alpha value is -1.24. The van der Waals surface area contributed by atoms with Gasteiger partial charge in [-0.1, -0.05) is 22.0 Å². The lowest BCUT2D eigenvalue weighted by Crippen LogP contribution is -2.30. The zero-order chi connectivity index (χ0) is 12.4. The van der Waals surface area contributed by atoms with Crippen LogP contribution in [0.5, 0.6) is 0 Å². The van der Waals surface area contributed by atoms with Crippen molar-refractivity contribution in [2.24, 2.45) is 12.9 Å². The predicted molar refractivity (Wildman–Crippen MR) is 66.5 cm³/mol. The maximum absolute atomic E-state index is 13.8. The molecule has 0 radical (unpaired) electrons. The van der Waals surface area contributed by atoms with Crippen molar-refractivity contribution in [3.05, 3.63) is 52.0 Å². The summed E-state index contributed by atoms with van der Waals surface area (Å²) < 4.78 is 16.2. The van der Waals surface area contributed by atoms with E-state index >= 15 is 0 Å². The van der Waals surface area contributed by atoms with E-state index in [1.165, 1.54) is 6.07 Å². The van der Waals surface area contributed by atoms with Crippen molar-refractivity contribution in [1.82, 2.24) is 15.2 Å². The van der Waals surface area contributed by atoms with E-state index in [0.717, 1.165) is 0 Å². The highest BCUT2D eigenvalue weighted by molar-refractivity contribution is 9.10. The largest absolute Gasteiger partial charge is 0.275 e. The smallest absolute Gasteiger partial charge is 0.129 e. The van der Waals surface area contributed by atoms with E-state index in [-0.39, 0.29) is 5.82 Å². The molecular formula is C11H12BrFN4. The fraction of sp³-hybridized carbons (Fsp3) is 0.182. The molecule has 17 heavy (non-hydrogen) atoms. The van der Waals surface area contributed by atoms with E-state index in [4.69, 9.17) is 5.84 Å². The van der Waals surface area contributed by atoms with Gasteiger partial charge < -0.3 is 0 Å². The Morgan fingerprint density at radius 1 is 1.47 bits per heavy atom. The number of rotatable bonds is 3. The predicted octanol–water partition coefficient (Wildman–Crippen LogP) is 1.87. The number of nitrogens with one attached hydrogen (secondary N) is 1. The molecule has 6 heteroatoms. The number of aromatic nitrogens is 2. The molecule has 0 aliphatic rings. The Kier molecular flexibility index (Phi) is 3.56. The average molecular weight is 299 g/mol. The van der Waals surface area contributed by atoms with Gasteiger partial charge in [-0.3, -0.25) is 10.5 Å². The van der Waals surface area contributed by atoms with Gasteiger partial charge in [0.2, 0.25) is 0 Å². The molecule has 0 saturated heterocycles. The molecule has 0 aliphatic heterocycles. The summed E-state index contributed by atoms with van der Waals surface area (Å²) in [6.45, 7) is 0. The molecule has 1 heterocycles. The minimum absolute atomic E-state index is 0.326. The standard InChI is InChI=1S/C11H12BrFN4/c1-17-5-4-10(16-17)11(15-14)8-3-2-7(12)6-9(8)13/h2-6,11,15H,14H2,1H3. The number of hydrogen-bond donors (Lipinski definition) is 2. The number of benzene rings is 1. The van der Waals surface area contributed by atoms with E-state index in [1.807, 2.05) is 0 Å². The minimum Gasteiger partial charge on any atom is -0.275 e. The molecule has 1 unspecified atom stereocenters. The van der Waals surface area contributed by atoms with Crippen molar-refractivity contribution in [3.63, 3.8) is 0 Å². The van der Waals surface area contributed by atoms with Gasteiger partial charge in [0.25, 0.3) is 0 Å². The molecule has 2 aromatic rings. The van der Waals surface area contributed by atoms with Crippen molar-refractivity contribution in [3.8, 4) is 0 Å². The zero-order valence-electron chi connectivity index (χ0n) is 9.19. The lowest BCUT2D eigenvalue weighted by molar-refractivity contribution is 0.547. The summed E-state index contributed by atoms with van der Waals surface area (Å²) in [7, 11) is 1.80. The molecular weight excluding hydrogens is 287 g/mol. The van der Waals surface area contributed by atoms with Gasteiger partial charge >= 0.3 is 0 Å². The molecule has 1 atom stereocenters. The van der Waals surface area contributed by atoms with E-state index in [9.17, 15) is 4.39 Å². The van der Waals surface area contributed by atoms with Crippen LogP contribution in [0.25, 0.3) is 0 Å². The molecule has 1 aromatic carbocycles. The summed E-state index contributed by atoms with van der Waals surface area (Å²) in [5.41, 5.74) is 3.72. The normalized spacial score (nSPS) is 12.7. The summed E-state index contributed by atoms with van der Waals surface area (Å²) in [5.74, 6) is 5.15. The first-order valence-corrected chi connectivity index (χ1v) is 5.81. The number of aryl methyl sites for hydroxylation is 1. The lowest BCUT2D eigenvalue weighted by atomic mass is 10.0. The van der Waals surface area contributed by atoms with Crippen molar-refractivity contribution in [2.45, 2.75) is 6.04 Å². The van der Waals surface area contributed by atoms with Gasteiger partial charge in [0, 0.05) is 23.3 Å². The average Bonchev–Trinajstić information content (AvgIpc) is 2.69. The van der Waals surface area contributed by atoms with Crippen LogP contribution in [0, 0.1) is 5.82 Å². The van der Waals surface area contributed by atoms with Crippen LogP contribution in [0.4, 0.5) is 4.39 Å². The highest BCUT2D eigenvalue weighted by atomic mass is 79.9. The first kappa shape index (κ1) is 12.2. The van der Waals surface area contributed by atoms with Crippen LogP contribution in [-0.4, -0.2) is 9.78 Å². The van der Waals surface area contributed by atoms with Crippen LogP contribution in [0.3, 0.4) is 0 Å². The van der Waals surface area contributed by atoms with Crippen LogP contribution < -0.4 is 11.3 Å². The Labute approximate surface area is 107 Å². The third kappa shape index (κ3) is 2.54. The van der Waals surface area contributed by atoms with Gasteiger partial charge in [0.05, 0.1) is 11.7 Å². The first-order valence-electron chi connectivity index (χ1n) is 5.02. The highest BCUT2D eigenvalue weighted by Crippen LogP contribution is 2.24. The number of halogens is 2. The van der Waals surface area contributed by atoms with Crippen LogP contribution in [0.15, 0.2) is 34.9 Å². The second kappa shape index (κ2) is 4.95. The monoisotopic (exact) mass is 298 g/mol. The number of hydrogen-bond acceptors (Lipinski definition) is 3. The van der Waals surface area contributed by atoms with Gasteiger partial charge in [0.1, 0.15) is 5.82 Å². The molecule has 4 nitrogen and oxygen atoms in total. The van der Waals surface area contributed by atoms with Crippen molar-refractivity contribution in [2.75, 3.05) is 0 Å². The van der Waals surface area contributed by atoms with Crippen molar-refractivity contribution in [1.29, 1.82) is 0 Å². The molecule has 0 bridgehead atoms. The molecule has 90 valence electrons. The number of nitrogens with two attached hydrogens (primary N) is 1. The molecule has 2 rings (SSSR count). The molecule has 0 spiro atoms. The van der Waals surface area contributed by atoms with E-state index < -0.39 is 6.04 Å². The Balaban J connectivity index is 2.42. The number of nitrogens with zero attached hydrogens (tertiary/aromatic N) is 2. The van der Waals surface area contributed by atoms with Crippen LogP contribution in [0.2, 0.25) is 0 Å². The summed E-state index contributed by atoms with van der Waals surface area (Å²) in [6, 6.07) is 6.20. The molecule has 0 amide bonds. The maximum atomic E-state index is 13.8. The first-order chi connectivity index (χ1) is 8.11. The van der Waals surface area contributed by atoms with Crippen molar-refractivity contribution < 1.29 is 4.39 Å². The van der Waals surface area contributed by atoms with E-state index in [2.05, 4.69) is 26.5 Å². The second-order valence-electron chi connectivity index (χ2n) is 3.68. The molecule has 0 fully saturated rings. The van der Waals surface area contributed by atoms with Crippen LogP contribution >= 0.6 is 15.9 Å². The van der Waals surface area contributed by atoms with Gasteiger partial charge in [-0.15, -0.1) is 0 Å². The molecule has 0 saturated carbocycles. The summed E-state index contributed by atoms with van der Waals surface area (Å²) in [5, 5.41) is 4.22. The van der Waals surface area contributed by atoms with E-state index in [1.54, 1.807) is 36.1 Å². The van der Waals surface area contributed by atoms with E-state index in [0.29, 0.717) is 15.7 Å². The second-order valence-corrected chi connectivity index (χ2v) is 4.60. The van der Waals surface area contributed by atoms with Gasteiger partial charge in [-0.05, 0) is 18.2 Å². The Bertz CT molecular complexity index is 526. The highest BCUT2D eigenvalue weighted by Gasteiger charge is 2.18. The zero-order valence-corrected chi connectivity index (χ0v) is 10.8. The van der Waals surface area contributed by atoms with Crippen LogP contribution in [0.1, 0.15) is 17.3 Å². The summed E-state index contributed by atoms with van der Waals surface area (Å²) >= 11 is 3.22. The molecule has 1 aromatic heterocycles. The Morgan fingerprint density at radius 2 is 2.24 bits per heavy atom. The SMILES string of the molecule is Cn1ccc(C(NN)c2ccc(Br)cc2F)n1. The fourth-order valence-corrected chi connectivity index (χ4v) is 1.99. The summed E-state index contributed by atoms with van der Waals surface area (Å²) in [6.07, 6.45) is 1.79. The third-order valence-electron chi connectivity index (χ3n) is 2.47. The molecule has 3 N–H and O–H groups in total. The quantitative estimate of drug-likeness (QED) is 0.672. The van der Waals surface area contributed by atoms with Crippen LogP contribution in [-0.2, 0) is 7.05 Å². The van der Waals surface area contributed by atoms with Gasteiger partial charge in [0.15, 0.2) is 0 Å². The minimum atomic E-state index is -0.454.